The minimum absolute atomic E-state index is 0.287. The average Bonchev–Trinajstić information content (AvgIpc) is 2.96. The van der Waals surface area contributed by atoms with Gasteiger partial charge in [-0.25, -0.2) is 0 Å². The van der Waals surface area contributed by atoms with Crippen molar-refractivity contribution in [3.8, 4) is 0 Å². The Bertz CT molecular complexity index is 373. The number of thioether (sulfide) groups is 1. The first-order valence-electron chi connectivity index (χ1n) is 6.03. The highest BCUT2D eigenvalue weighted by atomic mass is 32.2. The standard InChI is InChI=1S/C11H17N3OS/c15-7-8-3-4-10-12-13-11(14(10)6-8)9-2-1-5-16-9/h8-9,15H,1-7H2. The van der Waals surface area contributed by atoms with Crippen LogP contribution in [0.2, 0.25) is 0 Å². The molecule has 0 saturated carbocycles. The Labute approximate surface area is 99.4 Å². The van der Waals surface area contributed by atoms with E-state index in [9.17, 15) is 5.11 Å². The molecule has 1 fully saturated rings. The lowest BCUT2D eigenvalue weighted by atomic mass is 10.0. The summed E-state index contributed by atoms with van der Waals surface area (Å²) < 4.78 is 2.26. The first kappa shape index (κ1) is 10.6. The molecule has 2 aliphatic heterocycles. The molecule has 3 rings (SSSR count). The van der Waals surface area contributed by atoms with E-state index in [1.54, 1.807) is 0 Å². The van der Waals surface area contributed by atoms with Gasteiger partial charge in [0, 0.05) is 25.5 Å². The van der Waals surface area contributed by atoms with E-state index in [2.05, 4.69) is 14.8 Å². The van der Waals surface area contributed by atoms with Crippen LogP contribution in [0.5, 0.6) is 0 Å². The maximum absolute atomic E-state index is 9.25. The lowest BCUT2D eigenvalue weighted by molar-refractivity contribution is 0.189. The van der Waals surface area contributed by atoms with Crippen molar-refractivity contribution in [1.82, 2.24) is 14.8 Å². The van der Waals surface area contributed by atoms with Gasteiger partial charge in [-0.05, 0) is 25.0 Å². The van der Waals surface area contributed by atoms with Gasteiger partial charge in [-0.2, -0.15) is 11.8 Å². The number of aliphatic hydroxyl groups excluding tert-OH is 1. The summed E-state index contributed by atoms with van der Waals surface area (Å²) in [5, 5.41) is 18.4. The third kappa shape index (κ3) is 1.76. The molecule has 0 spiro atoms. The van der Waals surface area contributed by atoms with Crippen LogP contribution in [0.15, 0.2) is 0 Å². The fourth-order valence-corrected chi connectivity index (χ4v) is 3.86. The van der Waals surface area contributed by atoms with Gasteiger partial charge >= 0.3 is 0 Å². The van der Waals surface area contributed by atoms with Crippen LogP contribution in [0.4, 0.5) is 0 Å². The average molecular weight is 239 g/mol. The quantitative estimate of drug-likeness (QED) is 0.847. The van der Waals surface area contributed by atoms with Crippen LogP contribution in [0, 0.1) is 5.92 Å². The molecule has 1 aromatic rings. The zero-order valence-electron chi connectivity index (χ0n) is 9.30. The normalized spacial score (nSPS) is 29.3. The van der Waals surface area contributed by atoms with Crippen LogP contribution in [0.1, 0.15) is 36.2 Å². The van der Waals surface area contributed by atoms with Gasteiger partial charge in [-0.15, -0.1) is 10.2 Å². The SMILES string of the molecule is OCC1CCc2nnc(C3CCCS3)n2C1. The number of aryl methyl sites for hydroxylation is 1. The van der Waals surface area contributed by atoms with E-state index < -0.39 is 0 Å². The van der Waals surface area contributed by atoms with E-state index >= 15 is 0 Å². The zero-order valence-corrected chi connectivity index (χ0v) is 10.1. The summed E-state index contributed by atoms with van der Waals surface area (Å²) in [5.41, 5.74) is 0. The van der Waals surface area contributed by atoms with E-state index in [-0.39, 0.29) is 6.61 Å². The highest BCUT2D eigenvalue weighted by Gasteiger charge is 2.28. The fraction of sp³-hybridized carbons (Fsp3) is 0.818. The molecule has 5 heteroatoms. The summed E-state index contributed by atoms with van der Waals surface area (Å²) in [4.78, 5) is 0. The zero-order chi connectivity index (χ0) is 11.0. The summed E-state index contributed by atoms with van der Waals surface area (Å²) in [6, 6.07) is 0. The van der Waals surface area contributed by atoms with Crippen LogP contribution in [0.3, 0.4) is 0 Å². The molecular weight excluding hydrogens is 222 g/mol. The third-order valence-electron chi connectivity index (χ3n) is 3.55. The molecular formula is C11H17N3OS. The van der Waals surface area contributed by atoms with Gasteiger partial charge in [0.05, 0.1) is 5.25 Å². The number of rotatable bonds is 2. The Morgan fingerprint density at radius 3 is 3.06 bits per heavy atom. The maximum atomic E-state index is 9.25. The smallest absolute Gasteiger partial charge is 0.146 e. The van der Waals surface area contributed by atoms with E-state index in [0.29, 0.717) is 11.2 Å². The largest absolute Gasteiger partial charge is 0.396 e. The number of aromatic nitrogens is 3. The van der Waals surface area contributed by atoms with E-state index in [1.165, 1.54) is 18.6 Å². The topological polar surface area (TPSA) is 50.9 Å². The Morgan fingerprint density at radius 2 is 2.31 bits per heavy atom. The van der Waals surface area contributed by atoms with Crippen molar-refractivity contribution in [3.05, 3.63) is 11.6 Å². The van der Waals surface area contributed by atoms with Gasteiger partial charge in [0.1, 0.15) is 11.6 Å². The van der Waals surface area contributed by atoms with Gasteiger partial charge < -0.3 is 9.67 Å². The molecule has 2 aliphatic rings. The molecule has 0 radical (unpaired) electrons. The number of hydrogen-bond donors (Lipinski definition) is 1. The van der Waals surface area contributed by atoms with Crippen LogP contribution < -0.4 is 0 Å². The number of nitrogens with zero attached hydrogens (tertiary/aromatic N) is 3. The van der Waals surface area contributed by atoms with E-state index in [1.807, 2.05) is 11.8 Å². The number of aliphatic hydroxyl groups is 1. The Morgan fingerprint density at radius 1 is 1.38 bits per heavy atom. The van der Waals surface area contributed by atoms with Crippen LogP contribution in [0.25, 0.3) is 0 Å². The molecule has 3 heterocycles. The molecule has 0 amide bonds. The lowest BCUT2D eigenvalue weighted by Gasteiger charge is -2.23. The molecule has 1 aromatic heterocycles. The van der Waals surface area contributed by atoms with Crippen molar-refractivity contribution < 1.29 is 5.11 Å². The van der Waals surface area contributed by atoms with Crippen molar-refractivity contribution >= 4 is 11.8 Å². The molecule has 88 valence electrons. The molecule has 0 bridgehead atoms. The third-order valence-corrected chi connectivity index (χ3v) is 4.92. The summed E-state index contributed by atoms with van der Waals surface area (Å²) in [7, 11) is 0. The molecule has 1 saturated heterocycles. The first-order valence-corrected chi connectivity index (χ1v) is 7.08. The molecule has 0 aromatic carbocycles. The van der Waals surface area contributed by atoms with Crippen LogP contribution in [-0.4, -0.2) is 32.2 Å². The van der Waals surface area contributed by atoms with Crippen molar-refractivity contribution in [2.45, 2.75) is 37.5 Å². The molecule has 4 nitrogen and oxygen atoms in total. The fourth-order valence-electron chi connectivity index (χ4n) is 2.58. The highest BCUT2D eigenvalue weighted by Crippen LogP contribution is 2.39. The molecule has 16 heavy (non-hydrogen) atoms. The van der Waals surface area contributed by atoms with Crippen molar-refractivity contribution in [3.63, 3.8) is 0 Å². The summed E-state index contributed by atoms with van der Waals surface area (Å²) in [6.45, 7) is 1.19. The van der Waals surface area contributed by atoms with Gasteiger partial charge in [-0.1, -0.05) is 0 Å². The lowest BCUT2D eigenvalue weighted by Crippen LogP contribution is -2.24. The monoisotopic (exact) mass is 239 g/mol. The van der Waals surface area contributed by atoms with Gasteiger partial charge in [0.15, 0.2) is 0 Å². The van der Waals surface area contributed by atoms with Crippen LogP contribution >= 0.6 is 11.8 Å². The van der Waals surface area contributed by atoms with Gasteiger partial charge in [0.2, 0.25) is 0 Å². The van der Waals surface area contributed by atoms with Gasteiger partial charge in [0.25, 0.3) is 0 Å². The second-order valence-electron chi connectivity index (χ2n) is 4.67. The summed E-state index contributed by atoms with van der Waals surface area (Å²) in [6.07, 6.45) is 4.54. The Balaban J connectivity index is 1.87. The number of hydrogen-bond acceptors (Lipinski definition) is 4. The molecule has 1 N–H and O–H groups in total. The van der Waals surface area contributed by atoms with E-state index in [0.717, 1.165) is 31.0 Å². The summed E-state index contributed by atoms with van der Waals surface area (Å²) >= 11 is 2.00. The second-order valence-corrected chi connectivity index (χ2v) is 5.98. The Kier molecular flexibility index (Phi) is 2.90. The highest BCUT2D eigenvalue weighted by molar-refractivity contribution is 7.99. The summed E-state index contributed by atoms with van der Waals surface area (Å²) in [5.74, 6) is 3.91. The van der Waals surface area contributed by atoms with Crippen molar-refractivity contribution in [2.75, 3.05) is 12.4 Å². The predicted molar refractivity (Wildman–Crippen MR) is 63.4 cm³/mol. The molecule has 2 unspecified atom stereocenters. The predicted octanol–water partition coefficient (Wildman–Crippen LogP) is 1.40. The van der Waals surface area contributed by atoms with Crippen LogP contribution in [-0.2, 0) is 13.0 Å². The Hall–Kier alpha value is -0.550. The number of fused-ring (bicyclic) bond motifs is 1. The molecule has 2 atom stereocenters. The van der Waals surface area contributed by atoms with E-state index in [4.69, 9.17) is 0 Å². The van der Waals surface area contributed by atoms with Crippen molar-refractivity contribution in [2.24, 2.45) is 5.92 Å². The minimum atomic E-state index is 0.287. The maximum Gasteiger partial charge on any atom is 0.146 e. The minimum Gasteiger partial charge on any atom is -0.396 e. The molecule has 0 aliphatic carbocycles. The first-order chi connectivity index (χ1) is 7.88. The second kappa shape index (κ2) is 4.37. The van der Waals surface area contributed by atoms with Crippen molar-refractivity contribution in [1.29, 1.82) is 0 Å². The van der Waals surface area contributed by atoms with Gasteiger partial charge in [-0.3, -0.25) is 0 Å².